The molecule has 0 radical (unpaired) electrons. The van der Waals surface area contributed by atoms with Crippen molar-refractivity contribution >= 4 is 27.6 Å². The zero-order chi connectivity index (χ0) is 23.4. The molecule has 0 unspecified atom stereocenters. The molecule has 3 amide bonds. The highest BCUT2D eigenvalue weighted by Gasteiger charge is 2.36. The van der Waals surface area contributed by atoms with Crippen LogP contribution in [0.3, 0.4) is 0 Å². The summed E-state index contributed by atoms with van der Waals surface area (Å²) in [5.41, 5.74) is 1.52. The minimum absolute atomic E-state index is 0.0943. The van der Waals surface area contributed by atoms with E-state index < -0.39 is 27.6 Å². The van der Waals surface area contributed by atoms with Crippen LogP contribution >= 0.6 is 0 Å². The van der Waals surface area contributed by atoms with Gasteiger partial charge >= 0.3 is 0 Å². The van der Waals surface area contributed by atoms with Gasteiger partial charge in [-0.1, -0.05) is 48.5 Å². The van der Waals surface area contributed by atoms with Crippen LogP contribution in [0.25, 0.3) is 0 Å². The third-order valence-electron chi connectivity index (χ3n) is 5.39. The van der Waals surface area contributed by atoms with Crippen molar-refractivity contribution in [2.75, 3.05) is 12.3 Å². The first-order chi connectivity index (χ1) is 15.9. The molecule has 1 N–H and O–H groups in total. The molecular formula is C25H22N2O5S. The predicted octanol–water partition coefficient (Wildman–Crippen LogP) is 3.08. The van der Waals surface area contributed by atoms with Crippen molar-refractivity contribution in [3.8, 4) is 0 Å². The van der Waals surface area contributed by atoms with Crippen LogP contribution in [0.15, 0.2) is 83.8 Å². The monoisotopic (exact) mass is 462 g/mol. The molecule has 0 bridgehead atoms. The Bertz CT molecular complexity index is 1310. The van der Waals surface area contributed by atoms with Gasteiger partial charge in [0.15, 0.2) is 9.84 Å². The Balaban J connectivity index is 1.37. The molecule has 1 aliphatic heterocycles. The molecule has 3 aromatic carbocycles. The van der Waals surface area contributed by atoms with Crippen LogP contribution in [0.5, 0.6) is 0 Å². The summed E-state index contributed by atoms with van der Waals surface area (Å²) in [6.07, 6.45) is 0.246. The second kappa shape index (κ2) is 9.38. The van der Waals surface area contributed by atoms with Gasteiger partial charge in [0, 0.05) is 12.1 Å². The fourth-order valence-electron chi connectivity index (χ4n) is 3.65. The van der Waals surface area contributed by atoms with Crippen molar-refractivity contribution in [2.45, 2.75) is 17.9 Å². The van der Waals surface area contributed by atoms with Crippen LogP contribution in [0.2, 0.25) is 0 Å². The second-order valence-electron chi connectivity index (χ2n) is 7.68. The fourth-order valence-corrected chi connectivity index (χ4v) is 4.99. The molecule has 3 aromatic rings. The van der Waals surface area contributed by atoms with Gasteiger partial charge in [0.2, 0.25) is 0 Å². The average Bonchev–Trinajstić information content (AvgIpc) is 3.07. The molecule has 0 saturated heterocycles. The molecule has 0 atom stereocenters. The zero-order valence-electron chi connectivity index (χ0n) is 17.7. The number of carbonyl (C=O) groups is 3. The van der Waals surface area contributed by atoms with E-state index in [1.165, 1.54) is 30.3 Å². The van der Waals surface area contributed by atoms with Crippen LogP contribution in [-0.2, 0) is 16.4 Å². The van der Waals surface area contributed by atoms with Crippen molar-refractivity contribution in [1.82, 2.24) is 10.2 Å². The van der Waals surface area contributed by atoms with Gasteiger partial charge in [0.1, 0.15) is 0 Å². The normalized spacial score (nSPS) is 13.2. The SMILES string of the molecule is O=C(NCCCS(=O)(=O)c1ccccc1)c1ccc2c(c1)C(=O)N(Cc1ccccc1)C2=O. The standard InChI is InChI=1S/C25H22N2O5S/c28-23(26-14-7-15-33(31,32)20-10-5-2-6-11-20)19-12-13-21-22(16-19)25(30)27(24(21)29)17-18-8-3-1-4-9-18/h1-6,8-13,16H,7,14-15,17H2,(H,26,28). The molecule has 1 aliphatic rings. The van der Waals surface area contributed by atoms with Crippen molar-refractivity contribution in [1.29, 1.82) is 0 Å². The molecule has 4 rings (SSSR count). The van der Waals surface area contributed by atoms with Crippen LogP contribution in [-0.4, -0.2) is 43.3 Å². The summed E-state index contributed by atoms with van der Waals surface area (Å²) in [6, 6.07) is 21.7. The van der Waals surface area contributed by atoms with Gasteiger partial charge in [-0.15, -0.1) is 0 Å². The Morgan fingerprint density at radius 3 is 2.15 bits per heavy atom. The number of amides is 3. The summed E-state index contributed by atoms with van der Waals surface area (Å²) in [4.78, 5) is 39.4. The van der Waals surface area contributed by atoms with Crippen LogP contribution < -0.4 is 5.32 Å². The number of carbonyl (C=O) groups excluding carboxylic acids is 3. The lowest BCUT2D eigenvalue weighted by Crippen LogP contribution is -2.29. The fraction of sp³-hybridized carbons (Fsp3) is 0.160. The molecule has 33 heavy (non-hydrogen) atoms. The molecule has 0 spiro atoms. The number of benzene rings is 3. The number of hydrogen-bond donors (Lipinski definition) is 1. The lowest BCUT2D eigenvalue weighted by molar-refractivity contribution is 0.0642. The largest absolute Gasteiger partial charge is 0.352 e. The molecule has 1 heterocycles. The topological polar surface area (TPSA) is 101 Å². The van der Waals surface area contributed by atoms with Crippen molar-refractivity contribution in [3.63, 3.8) is 0 Å². The van der Waals surface area contributed by atoms with Gasteiger partial charge in [0.25, 0.3) is 17.7 Å². The number of fused-ring (bicyclic) bond motifs is 1. The first-order valence-corrected chi connectivity index (χ1v) is 12.1. The van der Waals surface area contributed by atoms with Gasteiger partial charge in [-0.3, -0.25) is 19.3 Å². The highest BCUT2D eigenvalue weighted by molar-refractivity contribution is 7.91. The number of imide groups is 1. The Morgan fingerprint density at radius 2 is 1.45 bits per heavy atom. The summed E-state index contributed by atoms with van der Waals surface area (Å²) < 4.78 is 24.6. The maximum Gasteiger partial charge on any atom is 0.261 e. The average molecular weight is 463 g/mol. The Labute approximate surface area is 192 Å². The van der Waals surface area contributed by atoms with E-state index in [0.717, 1.165) is 10.5 Å². The molecule has 168 valence electrons. The van der Waals surface area contributed by atoms with E-state index >= 15 is 0 Å². The summed E-state index contributed by atoms with van der Waals surface area (Å²) in [6.45, 7) is 0.319. The third kappa shape index (κ3) is 4.85. The number of nitrogens with zero attached hydrogens (tertiary/aromatic N) is 1. The van der Waals surface area contributed by atoms with Crippen molar-refractivity contribution in [2.24, 2.45) is 0 Å². The van der Waals surface area contributed by atoms with E-state index in [9.17, 15) is 22.8 Å². The number of nitrogens with one attached hydrogen (secondary N) is 1. The van der Waals surface area contributed by atoms with E-state index in [1.54, 1.807) is 18.2 Å². The van der Waals surface area contributed by atoms with E-state index in [0.29, 0.717) is 0 Å². The summed E-state index contributed by atoms with van der Waals surface area (Å²) in [5, 5.41) is 2.68. The molecule has 0 saturated carbocycles. The van der Waals surface area contributed by atoms with E-state index in [1.807, 2.05) is 30.3 Å². The second-order valence-corrected chi connectivity index (χ2v) is 9.79. The predicted molar refractivity (Wildman–Crippen MR) is 123 cm³/mol. The quantitative estimate of drug-likeness (QED) is 0.410. The lowest BCUT2D eigenvalue weighted by Gasteiger charge is -2.13. The summed E-state index contributed by atoms with van der Waals surface area (Å²) in [5.74, 6) is -1.36. The van der Waals surface area contributed by atoms with E-state index in [2.05, 4.69) is 5.32 Å². The van der Waals surface area contributed by atoms with E-state index in [-0.39, 0.29) is 46.8 Å². The molecule has 8 heteroatoms. The maximum absolute atomic E-state index is 12.8. The van der Waals surface area contributed by atoms with E-state index in [4.69, 9.17) is 0 Å². The van der Waals surface area contributed by atoms with Gasteiger partial charge < -0.3 is 5.32 Å². The molecule has 0 aromatic heterocycles. The summed E-state index contributed by atoms with van der Waals surface area (Å²) in [7, 11) is -3.42. The molecule has 7 nitrogen and oxygen atoms in total. The first-order valence-electron chi connectivity index (χ1n) is 10.5. The van der Waals surface area contributed by atoms with Gasteiger partial charge in [-0.05, 0) is 42.3 Å². The van der Waals surface area contributed by atoms with Crippen LogP contribution in [0.4, 0.5) is 0 Å². The van der Waals surface area contributed by atoms with Crippen LogP contribution in [0.1, 0.15) is 43.1 Å². The Hall–Kier alpha value is -3.78. The summed E-state index contributed by atoms with van der Waals surface area (Å²) >= 11 is 0. The van der Waals surface area contributed by atoms with Gasteiger partial charge in [-0.25, -0.2) is 8.42 Å². The maximum atomic E-state index is 12.8. The molecular weight excluding hydrogens is 440 g/mol. The smallest absolute Gasteiger partial charge is 0.261 e. The van der Waals surface area contributed by atoms with Gasteiger partial charge in [0.05, 0.1) is 28.3 Å². The number of sulfone groups is 1. The first kappa shape index (κ1) is 22.4. The zero-order valence-corrected chi connectivity index (χ0v) is 18.5. The van der Waals surface area contributed by atoms with Gasteiger partial charge in [-0.2, -0.15) is 0 Å². The van der Waals surface area contributed by atoms with Crippen LogP contribution in [0, 0.1) is 0 Å². The third-order valence-corrected chi connectivity index (χ3v) is 7.21. The highest BCUT2D eigenvalue weighted by atomic mass is 32.2. The van der Waals surface area contributed by atoms with Crippen molar-refractivity contribution < 1.29 is 22.8 Å². The number of hydrogen-bond acceptors (Lipinski definition) is 5. The molecule has 0 aliphatic carbocycles. The Kier molecular flexibility index (Phi) is 6.37. The highest BCUT2D eigenvalue weighted by Crippen LogP contribution is 2.25. The van der Waals surface area contributed by atoms with Crippen molar-refractivity contribution in [3.05, 3.63) is 101 Å². The molecule has 0 fully saturated rings. The minimum Gasteiger partial charge on any atom is -0.352 e. The minimum atomic E-state index is -3.42. The lowest BCUT2D eigenvalue weighted by atomic mass is 10.1. The number of rotatable bonds is 8. The Morgan fingerprint density at radius 1 is 0.818 bits per heavy atom.